The Morgan fingerprint density at radius 1 is 1.29 bits per heavy atom. The van der Waals surface area contributed by atoms with E-state index in [0.29, 0.717) is 6.42 Å². The molecular formula is C18H26N2O. The molecule has 0 radical (unpaired) electrons. The maximum absolute atomic E-state index is 12.5. The van der Waals surface area contributed by atoms with Crippen molar-refractivity contribution in [1.82, 2.24) is 0 Å². The van der Waals surface area contributed by atoms with E-state index in [0.717, 1.165) is 42.2 Å². The van der Waals surface area contributed by atoms with Crippen molar-refractivity contribution in [3.05, 3.63) is 23.3 Å². The van der Waals surface area contributed by atoms with E-state index in [-0.39, 0.29) is 5.91 Å². The quantitative estimate of drug-likeness (QED) is 0.858. The summed E-state index contributed by atoms with van der Waals surface area (Å²) in [7, 11) is 0. The molecule has 3 rings (SSSR count). The molecule has 2 aliphatic rings. The highest BCUT2D eigenvalue weighted by Crippen LogP contribution is 2.33. The van der Waals surface area contributed by atoms with Gasteiger partial charge in [0.05, 0.1) is 0 Å². The van der Waals surface area contributed by atoms with Crippen molar-refractivity contribution < 1.29 is 4.79 Å². The molecule has 114 valence electrons. The lowest BCUT2D eigenvalue weighted by Gasteiger charge is -2.23. The molecule has 0 atom stereocenters. The number of aryl methyl sites for hydroxylation is 1. The third-order valence-electron chi connectivity index (χ3n) is 5.16. The maximum atomic E-state index is 12.5. The van der Waals surface area contributed by atoms with Gasteiger partial charge in [-0.15, -0.1) is 0 Å². The number of nitrogens with zero attached hydrogens (tertiary/aromatic N) is 1. The second kappa shape index (κ2) is 6.08. The van der Waals surface area contributed by atoms with E-state index in [1.165, 1.54) is 37.7 Å². The Bertz CT molecular complexity index is 532. The smallest absolute Gasteiger partial charge is 0.227 e. The van der Waals surface area contributed by atoms with Gasteiger partial charge >= 0.3 is 0 Å². The van der Waals surface area contributed by atoms with Gasteiger partial charge in [-0.05, 0) is 42.9 Å². The van der Waals surface area contributed by atoms with Gasteiger partial charge in [0, 0.05) is 24.3 Å². The molecule has 1 heterocycles. The molecule has 1 saturated carbocycles. The molecule has 1 amide bonds. The van der Waals surface area contributed by atoms with Crippen molar-refractivity contribution in [2.24, 2.45) is 5.92 Å². The van der Waals surface area contributed by atoms with Gasteiger partial charge in [0.15, 0.2) is 0 Å². The van der Waals surface area contributed by atoms with Crippen LogP contribution in [0.5, 0.6) is 0 Å². The zero-order valence-corrected chi connectivity index (χ0v) is 13.0. The van der Waals surface area contributed by atoms with E-state index < -0.39 is 0 Å². The van der Waals surface area contributed by atoms with Crippen LogP contribution in [-0.2, 0) is 11.2 Å². The van der Waals surface area contributed by atoms with Crippen LogP contribution in [0, 0.1) is 12.8 Å². The van der Waals surface area contributed by atoms with Gasteiger partial charge in [0.25, 0.3) is 0 Å². The molecule has 0 unspecified atom stereocenters. The summed E-state index contributed by atoms with van der Waals surface area (Å²) in [5.41, 5.74) is 10.2. The average molecular weight is 286 g/mol. The highest BCUT2D eigenvalue weighted by molar-refractivity contribution is 5.96. The highest BCUT2D eigenvalue weighted by atomic mass is 16.2. The van der Waals surface area contributed by atoms with Crippen molar-refractivity contribution >= 4 is 17.3 Å². The normalized spacial score (nSPS) is 18.8. The first-order valence-electron chi connectivity index (χ1n) is 8.34. The minimum Gasteiger partial charge on any atom is -0.398 e. The summed E-state index contributed by atoms with van der Waals surface area (Å²) in [6, 6.07) is 4.12. The van der Waals surface area contributed by atoms with Crippen molar-refractivity contribution in [3.63, 3.8) is 0 Å². The molecule has 0 aromatic heterocycles. The van der Waals surface area contributed by atoms with Crippen LogP contribution in [0.15, 0.2) is 12.1 Å². The Balaban J connectivity index is 1.63. The Morgan fingerprint density at radius 2 is 2.05 bits per heavy atom. The topological polar surface area (TPSA) is 46.3 Å². The number of carbonyl (C=O) groups excluding carboxylic acids is 1. The summed E-state index contributed by atoms with van der Waals surface area (Å²) in [6.45, 7) is 2.85. The fourth-order valence-electron chi connectivity index (χ4n) is 3.77. The number of fused-ring (bicyclic) bond motifs is 1. The lowest BCUT2D eigenvalue weighted by molar-refractivity contribution is -0.118. The Morgan fingerprint density at radius 3 is 2.81 bits per heavy atom. The first-order chi connectivity index (χ1) is 10.1. The van der Waals surface area contributed by atoms with Crippen molar-refractivity contribution in [2.45, 2.75) is 58.3 Å². The van der Waals surface area contributed by atoms with Crippen LogP contribution in [0.25, 0.3) is 0 Å². The molecule has 1 aromatic rings. The van der Waals surface area contributed by atoms with Gasteiger partial charge in [-0.3, -0.25) is 4.79 Å². The number of carbonyl (C=O) groups is 1. The van der Waals surface area contributed by atoms with Gasteiger partial charge in [0.2, 0.25) is 5.91 Å². The zero-order valence-electron chi connectivity index (χ0n) is 13.0. The lowest BCUT2D eigenvalue weighted by atomic mass is 9.86. The molecule has 0 spiro atoms. The third kappa shape index (κ3) is 3.07. The standard InChI is InChI=1S/C18H26N2O/c1-13-11-15-9-10-20(17(15)12-16(13)19)18(21)8-7-14-5-3-2-4-6-14/h11-12,14H,2-10,19H2,1H3. The van der Waals surface area contributed by atoms with Gasteiger partial charge in [-0.25, -0.2) is 0 Å². The second-order valence-corrected chi connectivity index (χ2v) is 6.68. The van der Waals surface area contributed by atoms with Crippen molar-refractivity contribution in [1.29, 1.82) is 0 Å². The van der Waals surface area contributed by atoms with Gasteiger partial charge in [-0.2, -0.15) is 0 Å². The van der Waals surface area contributed by atoms with Crippen LogP contribution >= 0.6 is 0 Å². The Labute approximate surface area is 127 Å². The van der Waals surface area contributed by atoms with Crippen LogP contribution in [-0.4, -0.2) is 12.5 Å². The number of nitrogens with two attached hydrogens (primary N) is 1. The number of benzene rings is 1. The van der Waals surface area contributed by atoms with E-state index in [1.807, 2.05) is 17.9 Å². The van der Waals surface area contributed by atoms with E-state index in [4.69, 9.17) is 5.73 Å². The molecule has 21 heavy (non-hydrogen) atoms. The van der Waals surface area contributed by atoms with Crippen LogP contribution < -0.4 is 10.6 Å². The first kappa shape index (κ1) is 14.4. The lowest BCUT2D eigenvalue weighted by Crippen LogP contribution is -2.29. The predicted octanol–water partition coefficient (Wildman–Crippen LogP) is 3.83. The van der Waals surface area contributed by atoms with Gasteiger partial charge in [-0.1, -0.05) is 38.2 Å². The first-order valence-corrected chi connectivity index (χ1v) is 8.34. The summed E-state index contributed by atoms with van der Waals surface area (Å²) in [5, 5.41) is 0. The molecule has 2 N–H and O–H groups in total. The minimum absolute atomic E-state index is 0.280. The molecule has 1 aliphatic carbocycles. The fourth-order valence-corrected chi connectivity index (χ4v) is 3.77. The number of hydrogen-bond donors (Lipinski definition) is 1. The summed E-state index contributed by atoms with van der Waals surface area (Å²) in [4.78, 5) is 14.5. The monoisotopic (exact) mass is 286 g/mol. The van der Waals surface area contributed by atoms with Crippen molar-refractivity contribution in [2.75, 3.05) is 17.2 Å². The number of anilines is 2. The molecule has 3 nitrogen and oxygen atoms in total. The summed E-state index contributed by atoms with van der Waals surface area (Å²) < 4.78 is 0. The largest absolute Gasteiger partial charge is 0.398 e. The van der Waals surface area contributed by atoms with E-state index in [2.05, 4.69) is 6.07 Å². The van der Waals surface area contributed by atoms with Crippen LogP contribution in [0.3, 0.4) is 0 Å². The zero-order chi connectivity index (χ0) is 14.8. The van der Waals surface area contributed by atoms with Gasteiger partial charge in [0.1, 0.15) is 0 Å². The van der Waals surface area contributed by atoms with E-state index >= 15 is 0 Å². The molecule has 1 fully saturated rings. The number of hydrogen-bond acceptors (Lipinski definition) is 2. The maximum Gasteiger partial charge on any atom is 0.227 e. The van der Waals surface area contributed by atoms with E-state index in [1.54, 1.807) is 0 Å². The van der Waals surface area contributed by atoms with Crippen LogP contribution in [0.2, 0.25) is 0 Å². The second-order valence-electron chi connectivity index (χ2n) is 6.68. The molecule has 3 heteroatoms. The molecular weight excluding hydrogens is 260 g/mol. The SMILES string of the molecule is Cc1cc2c(cc1N)N(C(=O)CCC1CCCCC1)CC2. The molecule has 0 bridgehead atoms. The fraction of sp³-hybridized carbons (Fsp3) is 0.611. The van der Waals surface area contributed by atoms with Gasteiger partial charge < -0.3 is 10.6 Å². The molecule has 1 aliphatic heterocycles. The summed E-state index contributed by atoms with van der Waals surface area (Å²) >= 11 is 0. The number of amides is 1. The predicted molar refractivity (Wildman–Crippen MR) is 87.5 cm³/mol. The highest BCUT2D eigenvalue weighted by Gasteiger charge is 2.26. The van der Waals surface area contributed by atoms with E-state index in [9.17, 15) is 4.79 Å². The summed E-state index contributed by atoms with van der Waals surface area (Å²) in [5.74, 6) is 1.05. The Kier molecular flexibility index (Phi) is 4.18. The average Bonchev–Trinajstić information content (AvgIpc) is 2.89. The summed E-state index contributed by atoms with van der Waals surface area (Å²) in [6.07, 6.45) is 9.42. The number of nitrogen functional groups attached to an aromatic ring is 1. The molecule has 0 saturated heterocycles. The third-order valence-corrected chi connectivity index (χ3v) is 5.16. The van der Waals surface area contributed by atoms with Crippen LogP contribution in [0.1, 0.15) is 56.1 Å². The Hall–Kier alpha value is -1.51. The van der Waals surface area contributed by atoms with Crippen molar-refractivity contribution in [3.8, 4) is 0 Å². The van der Waals surface area contributed by atoms with Crippen LogP contribution in [0.4, 0.5) is 11.4 Å². The number of rotatable bonds is 3. The minimum atomic E-state index is 0.280. The molecule has 1 aromatic carbocycles.